The number of aliphatic carboxylic acids is 1. The molecule has 0 unspecified atom stereocenters. The van der Waals surface area contributed by atoms with Gasteiger partial charge in [0.2, 0.25) is 0 Å². The first-order chi connectivity index (χ1) is 8.42. The summed E-state index contributed by atoms with van der Waals surface area (Å²) in [5, 5.41) is 8.37. The number of carbonyl (C=O) groups is 1. The van der Waals surface area contributed by atoms with Crippen LogP contribution in [-0.4, -0.2) is 11.1 Å². The molecule has 0 heterocycles. The van der Waals surface area contributed by atoms with Gasteiger partial charge in [0, 0.05) is 6.42 Å². The first kappa shape index (κ1) is 17.5. The first-order valence-corrected chi connectivity index (χ1v) is 7.63. The lowest BCUT2D eigenvalue weighted by Gasteiger charge is -2.17. The van der Waals surface area contributed by atoms with Crippen molar-refractivity contribution in [2.24, 2.45) is 5.41 Å². The maximum atomic E-state index is 10.2. The molecule has 0 atom stereocenters. The van der Waals surface area contributed by atoms with Crippen LogP contribution in [0.1, 0.15) is 91.4 Å². The average Bonchev–Trinajstić information content (AvgIpc) is 2.30. The number of hydrogen-bond donors (Lipinski definition) is 1. The van der Waals surface area contributed by atoms with E-state index in [2.05, 4.69) is 20.8 Å². The average molecular weight is 256 g/mol. The van der Waals surface area contributed by atoms with Crippen LogP contribution in [0.3, 0.4) is 0 Å². The highest BCUT2D eigenvalue weighted by molar-refractivity contribution is 5.66. The number of carboxylic acids is 1. The molecule has 0 aromatic carbocycles. The second kappa shape index (κ2) is 10.4. The maximum absolute atomic E-state index is 10.2. The van der Waals surface area contributed by atoms with Crippen molar-refractivity contribution in [2.75, 3.05) is 0 Å². The van der Waals surface area contributed by atoms with Gasteiger partial charge in [-0.25, -0.2) is 0 Å². The molecule has 108 valence electrons. The fourth-order valence-corrected chi connectivity index (χ4v) is 2.17. The molecule has 0 radical (unpaired) electrons. The molecule has 2 nitrogen and oxygen atoms in total. The van der Waals surface area contributed by atoms with E-state index in [1.165, 1.54) is 44.9 Å². The smallest absolute Gasteiger partial charge is 0.303 e. The molecule has 0 aliphatic heterocycles. The molecule has 0 aromatic rings. The van der Waals surface area contributed by atoms with Gasteiger partial charge in [-0.3, -0.25) is 4.79 Å². The van der Waals surface area contributed by atoms with Crippen LogP contribution < -0.4 is 0 Å². The van der Waals surface area contributed by atoms with Crippen LogP contribution in [0.5, 0.6) is 0 Å². The SMILES string of the molecule is C1CCCCC1.CC(C)(C)CCCCCC(=O)O. The highest BCUT2D eigenvalue weighted by Crippen LogP contribution is 2.22. The molecule has 1 fully saturated rings. The molecule has 1 saturated carbocycles. The zero-order chi connectivity index (χ0) is 13.9. The molecule has 0 saturated heterocycles. The molecule has 18 heavy (non-hydrogen) atoms. The Balaban J connectivity index is 0.000000397. The van der Waals surface area contributed by atoms with Crippen molar-refractivity contribution in [1.29, 1.82) is 0 Å². The van der Waals surface area contributed by atoms with Crippen molar-refractivity contribution in [3.63, 3.8) is 0 Å². The van der Waals surface area contributed by atoms with Gasteiger partial charge in [0.1, 0.15) is 0 Å². The largest absolute Gasteiger partial charge is 0.481 e. The molecule has 1 rings (SSSR count). The number of rotatable bonds is 5. The van der Waals surface area contributed by atoms with Crippen molar-refractivity contribution in [1.82, 2.24) is 0 Å². The van der Waals surface area contributed by atoms with E-state index in [1.54, 1.807) is 0 Å². The third-order valence-corrected chi connectivity index (χ3v) is 3.32. The van der Waals surface area contributed by atoms with Crippen LogP contribution in [0, 0.1) is 5.41 Å². The lowest BCUT2D eigenvalue weighted by atomic mass is 9.89. The zero-order valence-electron chi connectivity index (χ0n) is 12.6. The number of hydrogen-bond acceptors (Lipinski definition) is 1. The molecule has 0 aromatic heterocycles. The topological polar surface area (TPSA) is 37.3 Å². The second-order valence-corrected chi connectivity index (χ2v) is 6.64. The van der Waals surface area contributed by atoms with E-state index >= 15 is 0 Å². The molecule has 0 spiro atoms. The lowest BCUT2D eigenvalue weighted by Crippen LogP contribution is -2.04. The Kier molecular flexibility index (Phi) is 10.1. The normalized spacial score (nSPS) is 15.7. The summed E-state index contributed by atoms with van der Waals surface area (Å²) in [6, 6.07) is 0. The quantitative estimate of drug-likeness (QED) is 0.668. The summed E-state index contributed by atoms with van der Waals surface area (Å²) in [5.41, 5.74) is 0.392. The van der Waals surface area contributed by atoms with E-state index in [0.717, 1.165) is 19.3 Å². The predicted octanol–water partition coefficient (Wildman–Crippen LogP) is 5.41. The Morgan fingerprint density at radius 3 is 1.67 bits per heavy atom. The summed E-state index contributed by atoms with van der Waals surface area (Å²) in [6.07, 6.45) is 13.5. The Morgan fingerprint density at radius 1 is 0.889 bits per heavy atom. The molecule has 2 heteroatoms. The summed E-state index contributed by atoms with van der Waals surface area (Å²) in [7, 11) is 0. The first-order valence-electron chi connectivity index (χ1n) is 7.63. The van der Waals surface area contributed by atoms with Gasteiger partial charge in [0.25, 0.3) is 0 Å². The zero-order valence-corrected chi connectivity index (χ0v) is 12.6. The van der Waals surface area contributed by atoms with Gasteiger partial charge in [-0.1, -0.05) is 72.1 Å². The van der Waals surface area contributed by atoms with Crippen LogP contribution in [0.15, 0.2) is 0 Å². The number of unbranched alkanes of at least 4 members (excludes halogenated alkanes) is 2. The van der Waals surface area contributed by atoms with Crippen molar-refractivity contribution < 1.29 is 9.90 Å². The summed E-state index contributed by atoms with van der Waals surface area (Å²) in [4.78, 5) is 10.2. The molecule has 1 aliphatic carbocycles. The van der Waals surface area contributed by atoms with E-state index in [0.29, 0.717) is 11.8 Å². The van der Waals surface area contributed by atoms with Gasteiger partial charge in [-0.15, -0.1) is 0 Å². The Hall–Kier alpha value is -0.530. The minimum Gasteiger partial charge on any atom is -0.481 e. The van der Waals surface area contributed by atoms with E-state index in [-0.39, 0.29) is 0 Å². The maximum Gasteiger partial charge on any atom is 0.303 e. The van der Waals surface area contributed by atoms with Crippen LogP contribution in [0.2, 0.25) is 0 Å². The third kappa shape index (κ3) is 15.5. The molecule has 0 amide bonds. The van der Waals surface area contributed by atoms with Gasteiger partial charge in [-0.2, -0.15) is 0 Å². The lowest BCUT2D eigenvalue weighted by molar-refractivity contribution is -0.137. The fraction of sp³-hybridized carbons (Fsp3) is 0.938. The van der Waals surface area contributed by atoms with Gasteiger partial charge in [-0.05, 0) is 18.3 Å². The fourth-order valence-electron chi connectivity index (χ4n) is 2.17. The summed E-state index contributed by atoms with van der Waals surface area (Å²) >= 11 is 0. The molecule has 1 N–H and O–H groups in total. The minimum absolute atomic E-state index is 0.324. The van der Waals surface area contributed by atoms with Crippen molar-refractivity contribution in [2.45, 2.75) is 91.4 Å². The van der Waals surface area contributed by atoms with E-state index in [4.69, 9.17) is 5.11 Å². The Labute approximate surface area is 113 Å². The van der Waals surface area contributed by atoms with Gasteiger partial charge in [0.15, 0.2) is 0 Å². The minimum atomic E-state index is -0.675. The predicted molar refractivity (Wildman–Crippen MR) is 77.9 cm³/mol. The van der Waals surface area contributed by atoms with E-state index < -0.39 is 5.97 Å². The van der Waals surface area contributed by atoms with Crippen LogP contribution in [0.4, 0.5) is 0 Å². The number of carboxylic acid groups (broad SMARTS) is 1. The van der Waals surface area contributed by atoms with E-state index in [9.17, 15) is 4.79 Å². The van der Waals surface area contributed by atoms with Crippen LogP contribution >= 0.6 is 0 Å². The molecular formula is C16H32O2. The monoisotopic (exact) mass is 256 g/mol. The molecular weight excluding hydrogens is 224 g/mol. The Bertz CT molecular complexity index is 188. The van der Waals surface area contributed by atoms with Gasteiger partial charge < -0.3 is 5.11 Å². The van der Waals surface area contributed by atoms with Crippen molar-refractivity contribution >= 4 is 5.97 Å². The van der Waals surface area contributed by atoms with Crippen LogP contribution in [-0.2, 0) is 4.79 Å². The highest BCUT2D eigenvalue weighted by Gasteiger charge is 2.08. The summed E-state index contributed by atoms with van der Waals surface area (Å²) in [5.74, 6) is -0.675. The van der Waals surface area contributed by atoms with Crippen LogP contribution in [0.25, 0.3) is 0 Å². The van der Waals surface area contributed by atoms with Gasteiger partial charge >= 0.3 is 5.97 Å². The molecule has 1 aliphatic rings. The summed E-state index contributed by atoms with van der Waals surface area (Å²) < 4.78 is 0. The third-order valence-electron chi connectivity index (χ3n) is 3.32. The summed E-state index contributed by atoms with van der Waals surface area (Å²) in [6.45, 7) is 6.64. The van der Waals surface area contributed by atoms with E-state index in [1.807, 2.05) is 0 Å². The highest BCUT2D eigenvalue weighted by atomic mass is 16.4. The van der Waals surface area contributed by atoms with Crippen molar-refractivity contribution in [3.8, 4) is 0 Å². The standard InChI is InChI=1S/C10H20O2.C6H12/c1-10(2,3)8-6-4-5-7-9(11)12;1-2-4-6-5-3-1/h4-8H2,1-3H3,(H,11,12);1-6H2. The second-order valence-electron chi connectivity index (χ2n) is 6.64. The Morgan fingerprint density at radius 2 is 1.33 bits per heavy atom. The van der Waals surface area contributed by atoms with Crippen molar-refractivity contribution in [3.05, 3.63) is 0 Å². The molecule has 0 bridgehead atoms. The van der Waals surface area contributed by atoms with Gasteiger partial charge in [0.05, 0.1) is 0 Å².